The Hall–Kier alpha value is -2.25. The predicted molar refractivity (Wildman–Crippen MR) is 102 cm³/mol. The number of amides is 1. The highest BCUT2D eigenvalue weighted by Gasteiger charge is 2.21. The Morgan fingerprint density at radius 3 is 2.63 bits per heavy atom. The Morgan fingerprint density at radius 1 is 1.22 bits per heavy atom. The van der Waals surface area contributed by atoms with Crippen LogP contribution in [0.2, 0.25) is 0 Å². The summed E-state index contributed by atoms with van der Waals surface area (Å²) in [5, 5.41) is 6.96. The summed E-state index contributed by atoms with van der Waals surface area (Å²) in [5.74, 6) is 1.04. The SMILES string of the molecule is Cc1ccc(-c2noc(CCC(=O)NCCN3CC(C)OC(C)C3)n2)cc1. The van der Waals surface area contributed by atoms with Crippen molar-refractivity contribution in [1.82, 2.24) is 20.4 Å². The van der Waals surface area contributed by atoms with Crippen LogP contribution in [0.1, 0.15) is 31.7 Å². The van der Waals surface area contributed by atoms with E-state index in [1.54, 1.807) is 0 Å². The van der Waals surface area contributed by atoms with Crippen molar-refractivity contribution >= 4 is 5.91 Å². The quantitative estimate of drug-likeness (QED) is 0.803. The smallest absolute Gasteiger partial charge is 0.227 e. The van der Waals surface area contributed by atoms with Gasteiger partial charge in [0.05, 0.1) is 12.2 Å². The number of carbonyl (C=O) groups excluding carboxylic acids is 1. The van der Waals surface area contributed by atoms with Crippen LogP contribution < -0.4 is 5.32 Å². The minimum Gasteiger partial charge on any atom is -0.373 e. The van der Waals surface area contributed by atoms with Gasteiger partial charge in [0, 0.05) is 44.6 Å². The van der Waals surface area contributed by atoms with E-state index in [1.807, 2.05) is 31.2 Å². The number of nitrogens with one attached hydrogen (secondary N) is 1. The molecule has 1 saturated heterocycles. The molecule has 1 N–H and O–H groups in total. The third-order valence-corrected chi connectivity index (χ3v) is 4.59. The van der Waals surface area contributed by atoms with Crippen LogP contribution in [0.4, 0.5) is 0 Å². The molecule has 2 heterocycles. The minimum absolute atomic E-state index is 0.000516. The van der Waals surface area contributed by atoms with E-state index in [9.17, 15) is 4.79 Å². The van der Waals surface area contributed by atoms with E-state index in [0.29, 0.717) is 31.1 Å². The number of hydrogen-bond donors (Lipinski definition) is 1. The van der Waals surface area contributed by atoms with Crippen LogP contribution in [0.3, 0.4) is 0 Å². The third kappa shape index (κ3) is 5.87. The minimum atomic E-state index is -0.000516. The molecule has 27 heavy (non-hydrogen) atoms. The third-order valence-electron chi connectivity index (χ3n) is 4.59. The number of nitrogens with zero attached hydrogens (tertiary/aromatic N) is 3. The van der Waals surface area contributed by atoms with Crippen LogP contribution in [0, 0.1) is 6.92 Å². The highest BCUT2D eigenvalue weighted by Crippen LogP contribution is 2.16. The molecule has 1 fully saturated rings. The molecule has 0 radical (unpaired) electrons. The van der Waals surface area contributed by atoms with Crippen LogP contribution in [0.15, 0.2) is 28.8 Å². The van der Waals surface area contributed by atoms with Crippen LogP contribution in [0.5, 0.6) is 0 Å². The van der Waals surface area contributed by atoms with Gasteiger partial charge >= 0.3 is 0 Å². The van der Waals surface area contributed by atoms with Gasteiger partial charge in [-0.15, -0.1) is 0 Å². The molecule has 0 bridgehead atoms. The normalized spacial score (nSPS) is 20.6. The molecular weight excluding hydrogens is 344 g/mol. The van der Waals surface area contributed by atoms with E-state index >= 15 is 0 Å². The first-order valence-electron chi connectivity index (χ1n) is 9.53. The average Bonchev–Trinajstić information content (AvgIpc) is 3.09. The van der Waals surface area contributed by atoms with Crippen molar-refractivity contribution in [3.05, 3.63) is 35.7 Å². The first kappa shape index (κ1) is 19.5. The fourth-order valence-corrected chi connectivity index (χ4v) is 3.31. The molecule has 1 aromatic carbocycles. The molecule has 2 unspecified atom stereocenters. The maximum Gasteiger partial charge on any atom is 0.227 e. The monoisotopic (exact) mass is 372 g/mol. The molecule has 0 spiro atoms. The van der Waals surface area contributed by atoms with Gasteiger partial charge in [-0.1, -0.05) is 35.0 Å². The molecule has 1 aromatic heterocycles. The molecule has 3 rings (SSSR count). The number of benzene rings is 1. The highest BCUT2D eigenvalue weighted by molar-refractivity contribution is 5.76. The van der Waals surface area contributed by atoms with Crippen LogP contribution in [0.25, 0.3) is 11.4 Å². The highest BCUT2D eigenvalue weighted by atomic mass is 16.5. The van der Waals surface area contributed by atoms with Gasteiger partial charge in [-0.25, -0.2) is 0 Å². The largest absolute Gasteiger partial charge is 0.373 e. The number of aryl methyl sites for hydroxylation is 2. The molecule has 1 aliphatic rings. The summed E-state index contributed by atoms with van der Waals surface area (Å²) in [4.78, 5) is 18.8. The first-order valence-corrected chi connectivity index (χ1v) is 9.53. The lowest BCUT2D eigenvalue weighted by atomic mass is 10.1. The van der Waals surface area contributed by atoms with Gasteiger partial charge < -0.3 is 14.6 Å². The fraction of sp³-hybridized carbons (Fsp3) is 0.550. The van der Waals surface area contributed by atoms with E-state index in [1.165, 1.54) is 5.56 Å². The van der Waals surface area contributed by atoms with Crippen molar-refractivity contribution in [1.29, 1.82) is 0 Å². The summed E-state index contributed by atoms with van der Waals surface area (Å²) in [6.07, 6.45) is 1.26. The standard InChI is InChI=1S/C20H28N4O3/c1-14-4-6-17(7-5-14)20-22-19(27-23-20)9-8-18(25)21-10-11-24-12-15(2)26-16(3)13-24/h4-7,15-16H,8-13H2,1-3H3,(H,21,25). The number of morpholine rings is 1. The Balaban J connectivity index is 1.39. The molecule has 1 aliphatic heterocycles. The van der Waals surface area contributed by atoms with Gasteiger partial charge in [-0.3, -0.25) is 9.69 Å². The van der Waals surface area contributed by atoms with E-state index in [4.69, 9.17) is 9.26 Å². The number of carbonyl (C=O) groups is 1. The van der Waals surface area contributed by atoms with Gasteiger partial charge in [0.2, 0.25) is 17.6 Å². The zero-order valence-electron chi connectivity index (χ0n) is 16.3. The van der Waals surface area contributed by atoms with Crippen LogP contribution in [-0.4, -0.2) is 59.3 Å². The van der Waals surface area contributed by atoms with Crippen molar-refractivity contribution in [2.24, 2.45) is 0 Å². The van der Waals surface area contributed by atoms with Crippen molar-refractivity contribution in [3.8, 4) is 11.4 Å². The number of ether oxygens (including phenoxy) is 1. The topological polar surface area (TPSA) is 80.5 Å². The number of hydrogen-bond acceptors (Lipinski definition) is 6. The average molecular weight is 372 g/mol. The summed E-state index contributed by atoms with van der Waals surface area (Å²) < 4.78 is 11.0. The summed E-state index contributed by atoms with van der Waals surface area (Å²) in [6.45, 7) is 9.48. The van der Waals surface area contributed by atoms with E-state index in [2.05, 4.69) is 34.2 Å². The predicted octanol–water partition coefficient (Wildman–Crippen LogP) is 2.20. The van der Waals surface area contributed by atoms with Crippen molar-refractivity contribution in [3.63, 3.8) is 0 Å². The Labute approximate surface area is 160 Å². The summed E-state index contributed by atoms with van der Waals surface area (Å²) >= 11 is 0. The second kappa shape index (κ2) is 9.10. The summed E-state index contributed by atoms with van der Waals surface area (Å²) in [7, 11) is 0. The molecule has 0 aliphatic carbocycles. The van der Waals surface area contributed by atoms with Gasteiger partial charge in [-0.05, 0) is 20.8 Å². The van der Waals surface area contributed by atoms with Crippen molar-refractivity contribution < 1.29 is 14.1 Å². The van der Waals surface area contributed by atoms with Gasteiger partial charge in [0.25, 0.3) is 0 Å². The Morgan fingerprint density at radius 2 is 1.93 bits per heavy atom. The van der Waals surface area contributed by atoms with E-state index in [-0.39, 0.29) is 18.1 Å². The maximum absolute atomic E-state index is 12.1. The Kier molecular flexibility index (Phi) is 6.58. The van der Waals surface area contributed by atoms with Gasteiger partial charge in [0.1, 0.15) is 0 Å². The Bertz CT molecular complexity index is 734. The molecule has 2 atom stereocenters. The molecule has 1 amide bonds. The van der Waals surface area contributed by atoms with E-state index < -0.39 is 0 Å². The number of rotatable bonds is 7. The fourth-order valence-electron chi connectivity index (χ4n) is 3.31. The lowest BCUT2D eigenvalue weighted by Gasteiger charge is -2.35. The maximum atomic E-state index is 12.1. The molecular formula is C20H28N4O3. The second-order valence-corrected chi connectivity index (χ2v) is 7.24. The second-order valence-electron chi connectivity index (χ2n) is 7.24. The van der Waals surface area contributed by atoms with Crippen molar-refractivity contribution in [2.75, 3.05) is 26.2 Å². The van der Waals surface area contributed by atoms with Crippen LogP contribution >= 0.6 is 0 Å². The first-order chi connectivity index (χ1) is 13.0. The van der Waals surface area contributed by atoms with Crippen molar-refractivity contribution in [2.45, 2.75) is 45.8 Å². The summed E-state index contributed by atoms with van der Waals surface area (Å²) in [5.41, 5.74) is 2.09. The molecule has 0 saturated carbocycles. The van der Waals surface area contributed by atoms with E-state index in [0.717, 1.165) is 25.2 Å². The zero-order chi connectivity index (χ0) is 19.2. The lowest BCUT2D eigenvalue weighted by Crippen LogP contribution is -2.47. The van der Waals surface area contributed by atoms with Gasteiger partial charge in [0.15, 0.2) is 0 Å². The summed E-state index contributed by atoms with van der Waals surface area (Å²) in [6, 6.07) is 7.94. The molecule has 7 nitrogen and oxygen atoms in total. The lowest BCUT2D eigenvalue weighted by molar-refractivity contribution is -0.121. The molecule has 146 valence electrons. The molecule has 2 aromatic rings. The van der Waals surface area contributed by atoms with Crippen LogP contribution in [-0.2, 0) is 16.0 Å². The molecule has 7 heteroatoms. The zero-order valence-corrected chi connectivity index (χ0v) is 16.3. The number of aromatic nitrogens is 2. The van der Waals surface area contributed by atoms with Gasteiger partial charge in [-0.2, -0.15) is 4.98 Å².